The molecule has 0 saturated heterocycles. The molecule has 1 rings (SSSR count). The minimum Gasteiger partial charge on any atom is -0.491 e. The normalized spacial score (nSPS) is 13.5. The summed E-state index contributed by atoms with van der Waals surface area (Å²) >= 11 is 0. The Kier molecular flexibility index (Phi) is 6.65. The molecule has 120 valence electrons. The molecule has 0 bridgehead atoms. The smallest absolute Gasteiger partial charge is 0.122 e. The Hall–Kier alpha value is -1.10. The van der Waals surface area contributed by atoms with Gasteiger partial charge < -0.3 is 20.1 Å². The molecule has 0 aromatic heterocycles. The Morgan fingerprint density at radius 1 is 1.29 bits per heavy atom. The molecule has 0 radical (unpaired) electrons. The lowest BCUT2D eigenvalue weighted by molar-refractivity contribution is 0.0998. The zero-order chi connectivity index (χ0) is 16.0. The van der Waals surface area contributed by atoms with Crippen molar-refractivity contribution in [1.29, 1.82) is 0 Å². The summed E-state index contributed by atoms with van der Waals surface area (Å²) in [6.07, 6.45) is -0.511. The number of likely N-dealkylation sites (N-methyl/N-ethyl adjacent to an activating group) is 1. The summed E-state index contributed by atoms with van der Waals surface area (Å²) in [6.45, 7) is 10.0. The van der Waals surface area contributed by atoms with Gasteiger partial charge in [0.25, 0.3) is 0 Å². The molecule has 0 amide bonds. The zero-order valence-corrected chi connectivity index (χ0v) is 14.2. The van der Waals surface area contributed by atoms with Gasteiger partial charge in [0.15, 0.2) is 0 Å². The number of aliphatic hydroxyl groups is 1. The first-order chi connectivity index (χ1) is 9.72. The highest BCUT2D eigenvalue weighted by molar-refractivity contribution is 5.35. The van der Waals surface area contributed by atoms with E-state index in [4.69, 9.17) is 4.74 Å². The summed E-state index contributed by atoms with van der Waals surface area (Å²) in [4.78, 5) is 2.17. The number of ether oxygens (including phenoxy) is 1. The molecule has 0 fully saturated rings. The van der Waals surface area contributed by atoms with Crippen LogP contribution in [-0.2, 0) is 0 Å². The van der Waals surface area contributed by atoms with Gasteiger partial charge in [-0.1, -0.05) is 12.1 Å². The van der Waals surface area contributed by atoms with Gasteiger partial charge in [-0.25, -0.2) is 0 Å². The molecule has 21 heavy (non-hydrogen) atoms. The minimum atomic E-state index is -0.511. The molecular weight excluding hydrogens is 264 g/mol. The maximum atomic E-state index is 10.0. The van der Waals surface area contributed by atoms with E-state index < -0.39 is 6.10 Å². The SMILES string of the molecule is Cc1ccc(C)c(OCC(O)CNCC(C)(C)N(C)C)c1. The van der Waals surface area contributed by atoms with Crippen molar-refractivity contribution in [3.8, 4) is 5.75 Å². The maximum absolute atomic E-state index is 10.0. The third kappa shape index (κ3) is 6.04. The largest absolute Gasteiger partial charge is 0.491 e. The fourth-order valence-corrected chi connectivity index (χ4v) is 1.81. The molecule has 0 heterocycles. The lowest BCUT2D eigenvalue weighted by Crippen LogP contribution is -2.48. The van der Waals surface area contributed by atoms with Crippen LogP contribution < -0.4 is 10.1 Å². The first-order valence-corrected chi connectivity index (χ1v) is 7.48. The van der Waals surface area contributed by atoms with Crippen molar-refractivity contribution in [1.82, 2.24) is 10.2 Å². The van der Waals surface area contributed by atoms with E-state index >= 15 is 0 Å². The zero-order valence-electron chi connectivity index (χ0n) is 14.2. The summed E-state index contributed by atoms with van der Waals surface area (Å²) < 4.78 is 5.71. The van der Waals surface area contributed by atoms with E-state index in [-0.39, 0.29) is 5.54 Å². The highest BCUT2D eigenvalue weighted by Gasteiger charge is 2.20. The Balaban J connectivity index is 2.34. The van der Waals surface area contributed by atoms with E-state index in [0.717, 1.165) is 23.4 Å². The summed E-state index contributed by atoms with van der Waals surface area (Å²) in [5.41, 5.74) is 2.32. The predicted octanol–water partition coefficient (Wildman–Crippen LogP) is 1.97. The van der Waals surface area contributed by atoms with E-state index in [1.54, 1.807) is 0 Å². The van der Waals surface area contributed by atoms with Crippen LogP contribution in [0.3, 0.4) is 0 Å². The summed E-state index contributed by atoms with van der Waals surface area (Å²) in [5, 5.41) is 13.3. The van der Waals surface area contributed by atoms with Gasteiger partial charge in [0, 0.05) is 18.6 Å². The van der Waals surface area contributed by atoms with Gasteiger partial charge in [0.2, 0.25) is 0 Å². The van der Waals surface area contributed by atoms with Crippen LogP contribution in [0, 0.1) is 13.8 Å². The van der Waals surface area contributed by atoms with E-state index in [0.29, 0.717) is 13.2 Å². The molecule has 4 nitrogen and oxygen atoms in total. The molecule has 0 saturated carbocycles. The van der Waals surface area contributed by atoms with Crippen LogP contribution in [0.15, 0.2) is 18.2 Å². The van der Waals surface area contributed by atoms with Crippen molar-refractivity contribution in [2.45, 2.75) is 39.3 Å². The van der Waals surface area contributed by atoms with Gasteiger partial charge >= 0.3 is 0 Å². The minimum absolute atomic E-state index is 0.0632. The number of benzene rings is 1. The average Bonchev–Trinajstić information content (AvgIpc) is 2.39. The standard InChI is InChI=1S/C17H30N2O2/c1-13-7-8-14(2)16(9-13)21-11-15(20)10-18-12-17(3,4)19(5)6/h7-9,15,18,20H,10-12H2,1-6H3. The highest BCUT2D eigenvalue weighted by atomic mass is 16.5. The number of hydrogen-bond acceptors (Lipinski definition) is 4. The van der Waals surface area contributed by atoms with Gasteiger partial charge in [-0.3, -0.25) is 0 Å². The molecule has 0 spiro atoms. The van der Waals surface area contributed by atoms with Crippen molar-refractivity contribution >= 4 is 0 Å². The van der Waals surface area contributed by atoms with E-state index in [1.165, 1.54) is 0 Å². The van der Waals surface area contributed by atoms with Crippen molar-refractivity contribution in [3.63, 3.8) is 0 Å². The number of nitrogens with one attached hydrogen (secondary N) is 1. The van der Waals surface area contributed by atoms with Crippen molar-refractivity contribution in [2.75, 3.05) is 33.8 Å². The van der Waals surface area contributed by atoms with Gasteiger partial charge in [-0.05, 0) is 59.0 Å². The van der Waals surface area contributed by atoms with Crippen LogP contribution in [0.25, 0.3) is 0 Å². The lowest BCUT2D eigenvalue weighted by atomic mass is 10.0. The summed E-state index contributed by atoms with van der Waals surface area (Å²) in [6, 6.07) is 6.10. The average molecular weight is 294 g/mol. The van der Waals surface area contributed by atoms with Crippen LogP contribution in [0.5, 0.6) is 5.75 Å². The van der Waals surface area contributed by atoms with Gasteiger partial charge in [-0.15, -0.1) is 0 Å². The monoisotopic (exact) mass is 294 g/mol. The second-order valence-corrected chi connectivity index (χ2v) is 6.57. The molecule has 0 aliphatic rings. The summed E-state index contributed by atoms with van der Waals surface area (Å²) in [5.74, 6) is 0.850. The fraction of sp³-hybridized carbons (Fsp3) is 0.647. The van der Waals surface area contributed by atoms with Gasteiger partial charge in [0.1, 0.15) is 18.5 Å². The molecule has 0 aliphatic carbocycles. The number of rotatable bonds is 8. The van der Waals surface area contributed by atoms with E-state index in [9.17, 15) is 5.11 Å². The van der Waals surface area contributed by atoms with E-state index in [2.05, 4.69) is 44.2 Å². The van der Waals surface area contributed by atoms with Crippen LogP contribution in [0.1, 0.15) is 25.0 Å². The Morgan fingerprint density at radius 2 is 1.95 bits per heavy atom. The van der Waals surface area contributed by atoms with Crippen LogP contribution in [0.2, 0.25) is 0 Å². The Bertz CT molecular complexity index is 444. The van der Waals surface area contributed by atoms with E-state index in [1.807, 2.05) is 26.0 Å². The Labute approximate surface area is 129 Å². The second-order valence-electron chi connectivity index (χ2n) is 6.57. The Morgan fingerprint density at radius 3 is 2.57 bits per heavy atom. The second kappa shape index (κ2) is 7.78. The third-order valence-corrected chi connectivity index (χ3v) is 3.92. The number of hydrogen-bond donors (Lipinski definition) is 2. The third-order valence-electron chi connectivity index (χ3n) is 3.92. The number of aryl methyl sites for hydroxylation is 2. The maximum Gasteiger partial charge on any atom is 0.122 e. The van der Waals surface area contributed by atoms with Crippen LogP contribution in [-0.4, -0.2) is 55.4 Å². The molecule has 1 aromatic rings. The number of nitrogens with zero attached hydrogens (tertiary/aromatic N) is 1. The molecule has 1 atom stereocenters. The molecule has 0 aliphatic heterocycles. The molecule has 1 unspecified atom stereocenters. The quantitative estimate of drug-likeness (QED) is 0.769. The summed E-state index contributed by atoms with van der Waals surface area (Å²) in [7, 11) is 4.11. The van der Waals surface area contributed by atoms with Crippen LogP contribution >= 0.6 is 0 Å². The topological polar surface area (TPSA) is 44.7 Å². The van der Waals surface area contributed by atoms with Crippen molar-refractivity contribution < 1.29 is 9.84 Å². The van der Waals surface area contributed by atoms with Gasteiger partial charge in [-0.2, -0.15) is 0 Å². The van der Waals surface area contributed by atoms with Crippen molar-refractivity contribution in [3.05, 3.63) is 29.3 Å². The molecule has 1 aromatic carbocycles. The van der Waals surface area contributed by atoms with Crippen LogP contribution in [0.4, 0.5) is 0 Å². The number of aliphatic hydroxyl groups excluding tert-OH is 1. The highest BCUT2D eigenvalue weighted by Crippen LogP contribution is 2.19. The lowest BCUT2D eigenvalue weighted by Gasteiger charge is -2.33. The van der Waals surface area contributed by atoms with Gasteiger partial charge in [0.05, 0.1) is 0 Å². The molecule has 4 heteroatoms. The van der Waals surface area contributed by atoms with Crippen molar-refractivity contribution in [2.24, 2.45) is 0 Å². The molecular formula is C17H30N2O2. The molecule has 2 N–H and O–H groups in total. The predicted molar refractivity (Wildman–Crippen MR) is 88.1 cm³/mol. The fourth-order valence-electron chi connectivity index (χ4n) is 1.81. The first kappa shape index (κ1) is 18.0. The first-order valence-electron chi connectivity index (χ1n) is 7.48.